The van der Waals surface area contributed by atoms with E-state index >= 15 is 0 Å². The van der Waals surface area contributed by atoms with Gasteiger partial charge in [0.2, 0.25) is 0 Å². The van der Waals surface area contributed by atoms with Crippen LogP contribution in [0, 0.1) is 0 Å². The Morgan fingerprint density at radius 2 is 1.94 bits per heavy atom. The maximum atomic E-state index is 9.60. The second-order valence-corrected chi connectivity index (χ2v) is 5.17. The molecule has 94 valence electrons. The van der Waals surface area contributed by atoms with Crippen LogP contribution in [0.15, 0.2) is 0 Å². The Balaban J connectivity index is 1.85. The van der Waals surface area contributed by atoms with E-state index in [1.54, 1.807) is 0 Å². The van der Waals surface area contributed by atoms with Gasteiger partial charge in [0.25, 0.3) is 0 Å². The van der Waals surface area contributed by atoms with Gasteiger partial charge >= 0.3 is 0 Å². The summed E-state index contributed by atoms with van der Waals surface area (Å²) in [7, 11) is 0. The molecule has 3 rings (SSSR count). The standard InChI is InChI=1S/C13H20N2O2/c16-8-11-12(9-2-1-3-9)14-15-13(11)10-4-6-17-7-5-10/h9-10,16H,1-8H2,(H,14,15). The summed E-state index contributed by atoms with van der Waals surface area (Å²) in [6.07, 6.45) is 5.84. The van der Waals surface area contributed by atoms with Crippen molar-refractivity contribution in [2.45, 2.75) is 50.5 Å². The van der Waals surface area contributed by atoms with Crippen LogP contribution in [0.1, 0.15) is 60.9 Å². The number of rotatable bonds is 3. The first-order valence-electron chi connectivity index (χ1n) is 6.65. The predicted molar refractivity (Wildman–Crippen MR) is 63.9 cm³/mol. The van der Waals surface area contributed by atoms with E-state index in [-0.39, 0.29) is 6.61 Å². The summed E-state index contributed by atoms with van der Waals surface area (Å²) in [6, 6.07) is 0. The van der Waals surface area contributed by atoms with Gasteiger partial charge in [0.1, 0.15) is 0 Å². The molecule has 1 saturated heterocycles. The fourth-order valence-electron chi connectivity index (χ4n) is 2.90. The highest BCUT2D eigenvalue weighted by Crippen LogP contribution is 2.39. The van der Waals surface area contributed by atoms with Crippen LogP contribution in [0.2, 0.25) is 0 Å². The molecule has 0 atom stereocenters. The van der Waals surface area contributed by atoms with E-state index in [1.165, 1.54) is 19.3 Å². The number of nitrogens with one attached hydrogen (secondary N) is 1. The number of ether oxygens (including phenoxy) is 1. The van der Waals surface area contributed by atoms with Crippen LogP contribution in [0.4, 0.5) is 0 Å². The van der Waals surface area contributed by atoms with Crippen LogP contribution in [-0.4, -0.2) is 28.5 Å². The molecule has 1 aromatic heterocycles. The van der Waals surface area contributed by atoms with Gasteiger partial charge in [-0.25, -0.2) is 0 Å². The zero-order chi connectivity index (χ0) is 11.7. The largest absolute Gasteiger partial charge is 0.392 e. The summed E-state index contributed by atoms with van der Waals surface area (Å²) in [6.45, 7) is 1.77. The minimum Gasteiger partial charge on any atom is -0.392 e. The fourth-order valence-corrected chi connectivity index (χ4v) is 2.90. The first-order chi connectivity index (χ1) is 8.40. The zero-order valence-corrected chi connectivity index (χ0v) is 10.1. The number of aromatic amines is 1. The fraction of sp³-hybridized carbons (Fsp3) is 0.769. The molecule has 17 heavy (non-hydrogen) atoms. The third kappa shape index (κ3) is 2.00. The number of aliphatic hydroxyl groups is 1. The molecule has 0 amide bonds. The molecule has 1 aliphatic heterocycles. The van der Waals surface area contributed by atoms with Crippen molar-refractivity contribution in [3.63, 3.8) is 0 Å². The topological polar surface area (TPSA) is 58.1 Å². The Morgan fingerprint density at radius 3 is 2.53 bits per heavy atom. The van der Waals surface area contributed by atoms with Gasteiger partial charge < -0.3 is 9.84 Å². The lowest BCUT2D eigenvalue weighted by Crippen LogP contribution is -2.16. The maximum absolute atomic E-state index is 9.60. The number of hydrogen-bond donors (Lipinski definition) is 2. The Kier molecular flexibility index (Phi) is 3.16. The van der Waals surface area contributed by atoms with Crippen molar-refractivity contribution in [1.29, 1.82) is 0 Å². The first-order valence-corrected chi connectivity index (χ1v) is 6.65. The number of aromatic nitrogens is 2. The van der Waals surface area contributed by atoms with Crippen LogP contribution in [0.3, 0.4) is 0 Å². The average Bonchev–Trinajstić information content (AvgIpc) is 2.71. The van der Waals surface area contributed by atoms with E-state index in [2.05, 4.69) is 10.2 Å². The number of hydrogen-bond acceptors (Lipinski definition) is 3. The second kappa shape index (κ2) is 4.78. The minimum atomic E-state index is 0.120. The van der Waals surface area contributed by atoms with E-state index in [0.29, 0.717) is 11.8 Å². The number of aliphatic hydroxyl groups excluding tert-OH is 1. The molecule has 0 bridgehead atoms. The molecular formula is C13H20N2O2. The summed E-state index contributed by atoms with van der Waals surface area (Å²) in [5.74, 6) is 1.08. The molecule has 2 aliphatic rings. The summed E-state index contributed by atoms with van der Waals surface area (Å²) < 4.78 is 5.38. The monoisotopic (exact) mass is 236 g/mol. The van der Waals surface area contributed by atoms with Crippen LogP contribution >= 0.6 is 0 Å². The number of nitrogens with zero attached hydrogens (tertiary/aromatic N) is 1. The van der Waals surface area contributed by atoms with Crippen LogP contribution in [0.5, 0.6) is 0 Å². The van der Waals surface area contributed by atoms with E-state index in [0.717, 1.165) is 43.0 Å². The molecule has 2 fully saturated rings. The first kappa shape index (κ1) is 11.2. The minimum absolute atomic E-state index is 0.120. The highest BCUT2D eigenvalue weighted by molar-refractivity contribution is 5.31. The lowest BCUT2D eigenvalue weighted by atomic mass is 9.80. The third-order valence-corrected chi connectivity index (χ3v) is 4.21. The smallest absolute Gasteiger partial charge is 0.0718 e. The molecule has 1 saturated carbocycles. The zero-order valence-electron chi connectivity index (χ0n) is 10.1. The third-order valence-electron chi connectivity index (χ3n) is 4.21. The lowest BCUT2D eigenvalue weighted by Gasteiger charge is -2.25. The van der Waals surface area contributed by atoms with Crippen molar-refractivity contribution < 1.29 is 9.84 Å². The Bertz CT molecular complexity index is 379. The van der Waals surface area contributed by atoms with Crippen molar-refractivity contribution in [2.24, 2.45) is 0 Å². The van der Waals surface area contributed by atoms with Crippen molar-refractivity contribution in [3.05, 3.63) is 17.0 Å². The van der Waals surface area contributed by atoms with E-state index in [9.17, 15) is 5.11 Å². The highest BCUT2D eigenvalue weighted by atomic mass is 16.5. The van der Waals surface area contributed by atoms with Gasteiger partial charge in [-0.3, -0.25) is 5.10 Å². The SMILES string of the molecule is OCc1c(C2CCC2)n[nH]c1C1CCOCC1. The molecule has 0 unspecified atom stereocenters. The van der Waals surface area contributed by atoms with Crippen LogP contribution in [0.25, 0.3) is 0 Å². The average molecular weight is 236 g/mol. The summed E-state index contributed by atoms with van der Waals surface area (Å²) in [4.78, 5) is 0. The molecule has 0 spiro atoms. The Labute approximate surface area is 101 Å². The second-order valence-electron chi connectivity index (χ2n) is 5.17. The molecule has 1 aliphatic carbocycles. The van der Waals surface area contributed by atoms with Crippen LogP contribution in [-0.2, 0) is 11.3 Å². The van der Waals surface area contributed by atoms with Gasteiger partial charge in [-0.2, -0.15) is 5.10 Å². The summed E-state index contributed by atoms with van der Waals surface area (Å²) in [5, 5.41) is 17.2. The van der Waals surface area contributed by atoms with Gasteiger partial charge in [-0.1, -0.05) is 6.42 Å². The van der Waals surface area contributed by atoms with Gasteiger partial charge in [-0.15, -0.1) is 0 Å². The van der Waals surface area contributed by atoms with Gasteiger partial charge in [-0.05, 0) is 25.7 Å². The lowest BCUT2D eigenvalue weighted by molar-refractivity contribution is 0.0840. The van der Waals surface area contributed by atoms with E-state index in [1.807, 2.05) is 0 Å². The van der Waals surface area contributed by atoms with Crippen molar-refractivity contribution >= 4 is 0 Å². The Hall–Kier alpha value is -0.870. The molecule has 1 aromatic rings. The predicted octanol–water partition coefficient (Wildman–Crippen LogP) is 2.06. The van der Waals surface area contributed by atoms with Gasteiger partial charge in [0.05, 0.1) is 12.3 Å². The van der Waals surface area contributed by atoms with Gasteiger partial charge in [0, 0.05) is 36.3 Å². The highest BCUT2D eigenvalue weighted by Gasteiger charge is 2.29. The van der Waals surface area contributed by atoms with Crippen molar-refractivity contribution in [2.75, 3.05) is 13.2 Å². The van der Waals surface area contributed by atoms with E-state index < -0.39 is 0 Å². The van der Waals surface area contributed by atoms with Crippen molar-refractivity contribution in [3.8, 4) is 0 Å². The molecule has 4 heteroatoms. The molecular weight excluding hydrogens is 216 g/mol. The van der Waals surface area contributed by atoms with Crippen molar-refractivity contribution in [1.82, 2.24) is 10.2 Å². The molecule has 0 aromatic carbocycles. The number of H-pyrrole nitrogens is 1. The summed E-state index contributed by atoms with van der Waals surface area (Å²) >= 11 is 0. The van der Waals surface area contributed by atoms with E-state index in [4.69, 9.17) is 4.74 Å². The molecule has 2 N–H and O–H groups in total. The molecule has 2 heterocycles. The van der Waals surface area contributed by atoms with Crippen LogP contribution < -0.4 is 0 Å². The quantitative estimate of drug-likeness (QED) is 0.844. The maximum Gasteiger partial charge on any atom is 0.0718 e. The normalized spacial score (nSPS) is 22.6. The Morgan fingerprint density at radius 1 is 1.18 bits per heavy atom. The molecule has 4 nitrogen and oxygen atoms in total. The van der Waals surface area contributed by atoms with Gasteiger partial charge in [0.15, 0.2) is 0 Å². The summed E-state index contributed by atoms with van der Waals surface area (Å²) in [5.41, 5.74) is 3.36. The molecule has 0 radical (unpaired) electrons.